The van der Waals surface area contributed by atoms with Crippen LogP contribution in [0, 0.1) is 0 Å². The van der Waals surface area contributed by atoms with E-state index in [-0.39, 0.29) is 5.76 Å². The molecular weight excluding hydrogens is 268 g/mol. The fourth-order valence-corrected chi connectivity index (χ4v) is 2.31. The van der Waals surface area contributed by atoms with Crippen molar-refractivity contribution in [2.45, 2.75) is 0 Å². The molecule has 0 spiro atoms. The largest absolute Gasteiger partial charge is 0.492 e. The molecule has 0 radical (unpaired) electrons. The third kappa shape index (κ3) is 2.25. The van der Waals surface area contributed by atoms with Crippen LogP contribution in [0.15, 0.2) is 52.9 Å². The molecule has 0 aliphatic heterocycles. The second-order valence-electron chi connectivity index (χ2n) is 4.53. The van der Waals surface area contributed by atoms with Crippen molar-refractivity contribution in [3.8, 4) is 16.9 Å². The second kappa shape index (κ2) is 5.32. The molecule has 0 aliphatic rings. The van der Waals surface area contributed by atoms with E-state index in [9.17, 15) is 4.79 Å². The molecule has 21 heavy (non-hydrogen) atoms. The van der Waals surface area contributed by atoms with Gasteiger partial charge in [0.25, 0.3) is 5.76 Å². The smallest absolute Gasteiger partial charge is 0.377 e. The van der Waals surface area contributed by atoms with Gasteiger partial charge in [0.1, 0.15) is 5.58 Å². The zero-order valence-electron chi connectivity index (χ0n) is 11.8. The van der Waals surface area contributed by atoms with Gasteiger partial charge in [-0.1, -0.05) is 36.4 Å². The van der Waals surface area contributed by atoms with Crippen LogP contribution in [0.1, 0.15) is 10.6 Å². The van der Waals surface area contributed by atoms with Crippen molar-refractivity contribution in [1.29, 1.82) is 0 Å². The molecule has 0 amide bonds. The van der Waals surface area contributed by atoms with E-state index in [0.717, 1.165) is 16.5 Å². The Morgan fingerprint density at radius 2 is 1.76 bits per heavy atom. The summed E-state index contributed by atoms with van der Waals surface area (Å²) in [4.78, 5) is 11.7. The number of carbonyl (C=O) groups is 1. The maximum Gasteiger partial charge on any atom is 0.377 e. The molecule has 106 valence electrons. The van der Waals surface area contributed by atoms with Crippen LogP contribution in [0.5, 0.6) is 5.75 Å². The molecule has 0 unspecified atom stereocenters. The Balaban J connectivity index is 2.19. The lowest BCUT2D eigenvalue weighted by atomic mass is 10.0. The van der Waals surface area contributed by atoms with Gasteiger partial charge in [-0.2, -0.15) is 0 Å². The minimum Gasteiger partial charge on any atom is -0.492 e. The SMILES string of the molecule is COC(=O)c1oc2ccc(-c3ccccc3)cc2c1OC. The summed E-state index contributed by atoms with van der Waals surface area (Å²) in [6.45, 7) is 0. The Kier molecular flexibility index (Phi) is 3.36. The number of hydrogen-bond acceptors (Lipinski definition) is 4. The van der Waals surface area contributed by atoms with E-state index in [1.165, 1.54) is 14.2 Å². The van der Waals surface area contributed by atoms with Gasteiger partial charge >= 0.3 is 5.97 Å². The van der Waals surface area contributed by atoms with Crippen LogP contribution in [-0.2, 0) is 4.74 Å². The lowest BCUT2D eigenvalue weighted by molar-refractivity contribution is 0.0563. The lowest BCUT2D eigenvalue weighted by Crippen LogP contribution is -2.01. The number of methoxy groups -OCH3 is 2. The summed E-state index contributed by atoms with van der Waals surface area (Å²) in [6, 6.07) is 15.7. The van der Waals surface area contributed by atoms with Crippen LogP contribution in [0.3, 0.4) is 0 Å². The number of furan rings is 1. The minimum absolute atomic E-state index is 0.0835. The van der Waals surface area contributed by atoms with Crippen LogP contribution < -0.4 is 4.74 Å². The summed E-state index contributed by atoms with van der Waals surface area (Å²) < 4.78 is 15.6. The second-order valence-corrected chi connectivity index (χ2v) is 4.53. The summed E-state index contributed by atoms with van der Waals surface area (Å²) >= 11 is 0. The number of rotatable bonds is 3. The van der Waals surface area contributed by atoms with Crippen LogP contribution in [-0.4, -0.2) is 20.2 Å². The molecule has 0 saturated carbocycles. The van der Waals surface area contributed by atoms with Crippen LogP contribution >= 0.6 is 0 Å². The number of hydrogen-bond donors (Lipinski definition) is 0. The Labute approximate surface area is 121 Å². The molecule has 0 bridgehead atoms. The molecule has 0 fully saturated rings. The molecule has 4 heteroatoms. The summed E-state index contributed by atoms with van der Waals surface area (Å²) in [5.74, 6) is -0.0702. The van der Waals surface area contributed by atoms with Gasteiger partial charge in [-0.05, 0) is 23.3 Å². The van der Waals surface area contributed by atoms with E-state index in [4.69, 9.17) is 13.9 Å². The third-order valence-electron chi connectivity index (χ3n) is 3.32. The highest BCUT2D eigenvalue weighted by Gasteiger charge is 2.22. The van der Waals surface area contributed by atoms with Gasteiger partial charge in [0, 0.05) is 0 Å². The Hall–Kier alpha value is -2.75. The zero-order valence-corrected chi connectivity index (χ0v) is 11.8. The average molecular weight is 282 g/mol. The number of benzene rings is 2. The van der Waals surface area contributed by atoms with Gasteiger partial charge in [0.05, 0.1) is 19.6 Å². The highest BCUT2D eigenvalue weighted by atomic mass is 16.5. The van der Waals surface area contributed by atoms with Gasteiger partial charge in [0.2, 0.25) is 0 Å². The van der Waals surface area contributed by atoms with E-state index < -0.39 is 5.97 Å². The first kappa shape index (κ1) is 13.2. The first-order chi connectivity index (χ1) is 10.2. The molecule has 1 heterocycles. The average Bonchev–Trinajstić information content (AvgIpc) is 2.92. The van der Waals surface area contributed by atoms with Gasteiger partial charge in [-0.3, -0.25) is 0 Å². The topological polar surface area (TPSA) is 48.7 Å². The van der Waals surface area contributed by atoms with E-state index in [1.54, 1.807) is 0 Å². The first-order valence-corrected chi connectivity index (χ1v) is 6.49. The van der Waals surface area contributed by atoms with Crippen molar-refractivity contribution < 1.29 is 18.7 Å². The number of carbonyl (C=O) groups excluding carboxylic acids is 1. The Morgan fingerprint density at radius 1 is 1.00 bits per heavy atom. The van der Waals surface area contributed by atoms with Crippen LogP contribution in [0.4, 0.5) is 0 Å². The predicted octanol–water partition coefficient (Wildman–Crippen LogP) is 3.90. The molecule has 0 aliphatic carbocycles. The molecule has 0 N–H and O–H groups in total. The summed E-state index contributed by atoms with van der Waals surface area (Å²) in [7, 11) is 2.82. The summed E-state index contributed by atoms with van der Waals surface area (Å²) in [6.07, 6.45) is 0. The third-order valence-corrected chi connectivity index (χ3v) is 3.32. The van der Waals surface area contributed by atoms with Crippen LogP contribution in [0.2, 0.25) is 0 Å². The van der Waals surface area contributed by atoms with Crippen molar-refractivity contribution in [3.63, 3.8) is 0 Å². The molecular formula is C17H14O4. The van der Waals surface area contributed by atoms with Gasteiger partial charge in [-0.25, -0.2) is 4.79 Å². The van der Waals surface area contributed by atoms with Crippen LogP contribution in [0.25, 0.3) is 22.1 Å². The standard InChI is InChI=1S/C17H14O4/c1-19-15-13-10-12(11-6-4-3-5-7-11)8-9-14(13)21-16(15)17(18)20-2/h3-10H,1-2H3. The van der Waals surface area contributed by atoms with Gasteiger partial charge in [0.15, 0.2) is 5.75 Å². The highest BCUT2D eigenvalue weighted by Crippen LogP contribution is 2.36. The molecule has 0 atom stereocenters. The van der Waals surface area contributed by atoms with E-state index >= 15 is 0 Å². The van der Waals surface area contributed by atoms with E-state index in [2.05, 4.69) is 0 Å². The Bertz CT molecular complexity index is 787. The van der Waals surface area contributed by atoms with Gasteiger partial charge < -0.3 is 13.9 Å². The molecule has 3 rings (SSSR count). The van der Waals surface area contributed by atoms with E-state index in [1.807, 2.05) is 48.5 Å². The quantitative estimate of drug-likeness (QED) is 0.684. The summed E-state index contributed by atoms with van der Waals surface area (Å²) in [5, 5.41) is 0.749. The molecule has 1 aromatic heterocycles. The minimum atomic E-state index is -0.552. The number of ether oxygens (including phenoxy) is 2. The van der Waals surface area contributed by atoms with Crippen molar-refractivity contribution >= 4 is 16.9 Å². The highest BCUT2D eigenvalue weighted by molar-refractivity contribution is 6.00. The zero-order chi connectivity index (χ0) is 14.8. The number of fused-ring (bicyclic) bond motifs is 1. The molecule has 3 aromatic rings. The van der Waals surface area contributed by atoms with Crippen molar-refractivity contribution in [1.82, 2.24) is 0 Å². The lowest BCUT2D eigenvalue weighted by Gasteiger charge is -2.02. The fraction of sp³-hybridized carbons (Fsp3) is 0.118. The maximum atomic E-state index is 11.7. The Morgan fingerprint density at radius 3 is 2.43 bits per heavy atom. The van der Waals surface area contributed by atoms with Crippen molar-refractivity contribution in [2.75, 3.05) is 14.2 Å². The number of esters is 1. The first-order valence-electron chi connectivity index (χ1n) is 6.49. The molecule has 0 saturated heterocycles. The monoisotopic (exact) mass is 282 g/mol. The fourth-order valence-electron chi connectivity index (χ4n) is 2.31. The van der Waals surface area contributed by atoms with E-state index in [0.29, 0.717) is 11.3 Å². The van der Waals surface area contributed by atoms with Crippen molar-refractivity contribution in [3.05, 3.63) is 54.3 Å². The molecule has 2 aromatic carbocycles. The summed E-state index contributed by atoms with van der Waals surface area (Å²) in [5.41, 5.74) is 2.70. The van der Waals surface area contributed by atoms with Gasteiger partial charge in [-0.15, -0.1) is 0 Å². The predicted molar refractivity (Wildman–Crippen MR) is 79.5 cm³/mol. The van der Waals surface area contributed by atoms with Crippen molar-refractivity contribution in [2.24, 2.45) is 0 Å². The maximum absolute atomic E-state index is 11.7. The normalized spacial score (nSPS) is 10.6. The molecule has 4 nitrogen and oxygen atoms in total.